The van der Waals surface area contributed by atoms with Gasteiger partial charge in [-0.2, -0.15) is 0 Å². The molecule has 2 amide bonds. The van der Waals surface area contributed by atoms with Crippen LogP contribution >= 0.6 is 0 Å². The number of rotatable bonds is 10. The van der Waals surface area contributed by atoms with Gasteiger partial charge in [0.1, 0.15) is 17.5 Å². The Hall–Kier alpha value is -3.80. The zero-order chi connectivity index (χ0) is 26.1. The molecule has 0 radical (unpaired) electrons. The second-order valence-electron chi connectivity index (χ2n) is 9.84. The van der Waals surface area contributed by atoms with Gasteiger partial charge in [0.25, 0.3) is 0 Å². The number of benzene rings is 3. The summed E-state index contributed by atoms with van der Waals surface area (Å²) in [5.74, 6) is 1.12. The van der Waals surface area contributed by atoms with Crippen LogP contribution in [0, 0.1) is 0 Å². The van der Waals surface area contributed by atoms with Crippen LogP contribution in [0.4, 0.5) is 0 Å². The average molecular weight is 489 g/mol. The molecule has 0 bridgehead atoms. The monoisotopic (exact) mass is 488 g/mol. The Balaban J connectivity index is 1.98. The average Bonchev–Trinajstić information content (AvgIpc) is 2.86. The molecule has 0 saturated carbocycles. The van der Waals surface area contributed by atoms with E-state index >= 15 is 0 Å². The first-order chi connectivity index (χ1) is 17.2. The van der Waals surface area contributed by atoms with Crippen molar-refractivity contribution in [1.82, 2.24) is 10.2 Å². The molecular formula is C30H36N2O4. The largest absolute Gasteiger partial charge is 0.497 e. The van der Waals surface area contributed by atoms with Gasteiger partial charge in [0.2, 0.25) is 11.8 Å². The third-order valence-corrected chi connectivity index (χ3v) is 5.77. The molecule has 3 rings (SSSR count). The third-order valence-electron chi connectivity index (χ3n) is 5.77. The molecule has 0 fully saturated rings. The highest BCUT2D eigenvalue weighted by atomic mass is 16.5. The molecule has 190 valence electrons. The van der Waals surface area contributed by atoms with Crippen LogP contribution in [0.15, 0.2) is 78.9 Å². The Morgan fingerprint density at radius 1 is 0.806 bits per heavy atom. The summed E-state index contributed by atoms with van der Waals surface area (Å²) < 4.78 is 10.6. The lowest BCUT2D eigenvalue weighted by Crippen LogP contribution is -2.54. The molecule has 0 aromatic heterocycles. The van der Waals surface area contributed by atoms with E-state index in [1.807, 2.05) is 99.6 Å². The maximum absolute atomic E-state index is 13.8. The summed E-state index contributed by atoms with van der Waals surface area (Å²) in [5, 5.41) is 3.09. The highest BCUT2D eigenvalue weighted by Gasteiger charge is 2.32. The minimum absolute atomic E-state index is 0.132. The molecule has 0 aliphatic heterocycles. The van der Waals surface area contributed by atoms with Crippen LogP contribution in [-0.2, 0) is 29.0 Å². The molecule has 0 aliphatic rings. The molecular weight excluding hydrogens is 452 g/mol. The number of carbonyl (C=O) groups is 2. The predicted molar refractivity (Wildman–Crippen MR) is 142 cm³/mol. The first-order valence-corrected chi connectivity index (χ1v) is 12.1. The molecule has 6 nitrogen and oxygen atoms in total. The minimum Gasteiger partial charge on any atom is -0.497 e. The molecule has 1 N–H and O–H groups in total. The van der Waals surface area contributed by atoms with E-state index in [2.05, 4.69) is 5.32 Å². The van der Waals surface area contributed by atoms with E-state index in [1.54, 1.807) is 19.1 Å². The van der Waals surface area contributed by atoms with Crippen LogP contribution in [0.1, 0.15) is 37.5 Å². The van der Waals surface area contributed by atoms with Crippen molar-refractivity contribution in [3.05, 3.63) is 95.6 Å². The van der Waals surface area contributed by atoms with Gasteiger partial charge >= 0.3 is 0 Å². The molecule has 0 heterocycles. The third kappa shape index (κ3) is 7.87. The lowest BCUT2D eigenvalue weighted by Gasteiger charge is -2.34. The zero-order valence-corrected chi connectivity index (χ0v) is 21.8. The number of nitrogens with zero attached hydrogens (tertiary/aromatic N) is 1. The Morgan fingerprint density at radius 2 is 1.44 bits per heavy atom. The lowest BCUT2D eigenvalue weighted by molar-refractivity contribution is -0.141. The summed E-state index contributed by atoms with van der Waals surface area (Å²) in [6.07, 6.45) is 0.573. The molecule has 0 aliphatic carbocycles. The zero-order valence-electron chi connectivity index (χ0n) is 21.8. The van der Waals surface area contributed by atoms with Gasteiger partial charge < -0.3 is 19.7 Å². The highest BCUT2D eigenvalue weighted by molar-refractivity contribution is 5.89. The summed E-state index contributed by atoms with van der Waals surface area (Å²) in [7, 11) is 3.22. The van der Waals surface area contributed by atoms with Crippen molar-refractivity contribution in [2.45, 2.75) is 51.7 Å². The van der Waals surface area contributed by atoms with Crippen LogP contribution in [0.2, 0.25) is 0 Å². The predicted octanol–water partition coefficient (Wildman–Crippen LogP) is 4.80. The van der Waals surface area contributed by atoms with E-state index in [0.717, 1.165) is 22.4 Å². The van der Waals surface area contributed by atoms with Crippen LogP contribution in [0.3, 0.4) is 0 Å². The minimum atomic E-state index is -0.691. The summed E-state index contributed by atoms with van der Waals surface area (Å²) in [6.45, 7) is 6.10. The Labute approximate surface area is 214 Å². The van der Waals surface area contributed by atoms with Crippen molar-refractivity contribution in [2.75, 3.05) is 14.2 Å². The van der Waals surface area contributed by atoms with E-state index in [0.29, 0.717) is 12.2 Å². The van der Waals surface area contributed by atoms with Crippen molar-refractivity contribution in [3.63, 3.8) is 0 Å². The van der Waals surface area contributed by atoms with Gasteiger partial charge in [-0.05, 0) is 61.7 Å². The fourth-order valence-electron chi connectivity index (χ4n) is 3.99. The van der Waals surface area contributed by atoms with Crippen LogP contribution in [0.5, 0.6) is 11.5 Å². The van der Waals surface area contributed by atoms with E-state index in [4.69, 9.17) is 9.47 Å². The van der Waals surface area contributed by atoms with E-state index in [1.165, 1.54) is 0 Å². The van der Waals surface area contributed by atoms with Gasteiger partial charge in [0.05, 0.1) is 20.6 Å². The summed E-state index contributed by atoms with van der Waals surface area (Å²) in [5.41, 5.74) is 2.29. The van der Waals surface area contributed by atoms with Gasteiger partial charge in [-0.15, -0.1) is 0 Å². The van der Waals surface area contributed by atoms with Gasteiger partial charge in [-0.25, -0.2) is 0 Å². The van der Waals surface area contributed by atoms with Gasteiger partial charge in [-0.1, -0.05) is 54.6 Å². The number of carbonyl (C=O) groups excluding carboxylic acids is 2. The molecule has 3 aromatic rings. The first-order valence-electron chi connectivity index (χ1n) is 12.1. The normalized spacial score (nSPS) is 11.9. The van der Waals surface area contributed by atoms with Crippen molar-refractivity contribution in [3.8, 4) is 11.5 Å². The van der Waals surface area contributed by atoms with Crippen molar-refractivity contribution < 1.29 is 19.1 Å². The second-order valence-corrected chi connectivity index (χ2v) is 9.84. The Morgan fingerprint density at radius 3 is 2.06 bits per heavy atom. The Kier molecular flexibility index (Phi) is 9.12. The van der Waals surface area contributed by atoms with Gasteiger partial charge in [0.15, 0.2) is 0 Å². The smallest absolute Gasteiger partial charge is 0.243 e. The van der Waals surface area contributed by atoms with E-state index in [-0.39, 0.29) is 24.8 Å². The number of hydrogen-bond donors (Lipinski definition) is 1. The van der Waals surface area contributed by atoms with Crippen LogP contribution in [-0.4, -0.2) is 42.5 Å². The molecule has 6 heteroatoms. The molecule has 0 unspecified atom stereocenters. The van der Waals surface area contributed by atoms with Crippen molar-refractivity contribution in [1.29, 1.82) is 0 Å². The second kappa shape index (κ2) is 12.2. The SMILES string of the molecule is COc1ccc(CC(=O)N(Cc2cccc(OC)c2)[C@@H](Cc2ccccc2)C(=O)NC(C)(C)C)cc1. The van der Waals surface area contributed by atoms with Crippen molar-refractivity contribution in [2.24, 2.45) is 0 Å². The topological polar surface area (TPSA) is 67.9 Å². The number of amides is 2. The van der Waals surface area contributed by atoms with Crippen LogP contribution in [0.25, 0.3) is 0 Å². The first kappa shape index (κ1) is 26.8. The number of hydrogen-bond acceptors (Lipinski definition) is 4. The quantitative estimate of drug-likeness (QED) is 0.445. The number of ether oxygens (including phenoxy) is 2. The standard InChI is InChI=1S/C30H36N2O4/c1-30(2,3)31-29(34)27(19-22-10-7-6-8-11-22)32(21-24-12-9-13-26(18-24)36-5)28(33)20-23-14-16-25(35-4)17-15-23/h6-18,27H,19-21H2,1-5H3,(H,31,34)/t27-/m0/s1. The summed E-state index contributed by atoms with van der Waals surface area (Å²) in [4.78, 5) is 29.1. The number of methoxy groups -OCH3 is 2. The fourth-order valence-corrected chi connectivity index (χ4v) is 3.99. The highest BCUT2D eigenvalue weighted by Crippen LogP contribution is 2.21. The van der Waals surface area contributed by atoms with E-state index < -0.39 is 11.6 Å². The van der Waals surface area contributed by atoms with Gasteiger partial charge in [-0.3, -0.25) is 9.59 Å². The molecule has 0 spiro atoms. The maximum Gasteiger partial charge on any atom is 0.243 e. The maximum atomic E-state index is 13.8. The molecule has 1 atom stereocenters. The number of nitrogens with one attached hydrogen (secondary N) is 1. The van der Waals surface area contributed by atoms with Gasteiger partial charge in [0, 0.05) is 18.5 Å². The molecule has 3 aromatic carbocycles. The summed E-state index contributed by atoms with van der Waals surface area (Å²) >= 11 is 0. The lowest BCUT2D eigenvalue weighted by atomic mass is 9.99. The fraction of sp³-hybridized carbons (Fsp3) is 0.333. The van der Waals surface area contributed by atoms with E-state index in [9.17, 15) is 9.59 Å². The molecule has 36 heavy (non-hydrogen) atoms. The Bertz CT molecular complexity index is 1140. The summed E-state index contributed by atoms with van der Waals surface area (Å²) in [6, 6.07) is 24.1. The van der Waals surface area contributed by atoms with Crippen molar-refractivity contribution >= 4 is 11.8 Å². The van der Waals surface area contributed by atoms with Crippen LogP contribution < -0.4 is 14.8 Å². The molecule has 0 saturated heterocycles.